The third-order valence-corrected chi connectivity index (χ3v) is 3.49. The molecule has 0 aliphatic rings. The zero-order valence-electron chi connectivity index (χ0n) is 11.6. The lowest BCUT2D eigenvalue weighted by Gasteiger charge is -2.16. The maximum atomic E-state index is 11.6. The van der Waals surface area contributed by atoms with E-state index in [1.807, 2.05) is 62.4 Å². The van der Waals surface area contributed by atoms with Crippen LogP contribution in [0.4, 0.5) is 0 Å². The Hall–Kier alpha value is -1.80. The molecule has 0 radical (unpaired) electrons. The molecule has 104 valence electrons. The summed E-state index contributed by atoms with van der Waals surface area (Å²) in [5.41, 5.74) is 3.04. The zero-order valence-corrected chi connectivity index (χ0v) is 12.4. The van der Waals surface area contributed by atoms with E-state index in [0.29, 0.717) is 0 Å². The molecule has 0 saturated carbocycles. The second kappa shape index (κ2) is 6.58. The van der Waals surface area contributed by atoms with Gasteiger partial charge in [0.15, 0.2) is 0 Å². The number of rotatable bonds is 5. The summed E-state index contributed by atoms with van der Waals surface area (Å²) in [6.07, 6.45) is 0. The Kier molecular flexibility index (Phi) is 4.80. The minimum absolute atomic E-state index is 0.247. The van der Waals surface area contributed by atoms with Gasteiger partial charge in [-0.05, 0) is 48.2 Å². The Morgan fingerprint density at radius 2 is 1.85 bits per heavy atom. The Morgan fingerprint density at radius 3 is 2.50 bits per heavy atom. The van der Waals surface area contributed by atoms with E-state index in [-0.39, 0.29) is 6.61 Å². The fourth-order valence-corrected chi connectivity index (χ4v) is 2.20. The quantitative estimate of drug-likeness (QED) is 0.770. The first-order valence-electron chi connectivity index (χ1n) is 6.52. The maximum absolute atomic E-state index is 11.6. The van der Waals surface area contributed by atoms with Gasteiger partial charge in [0.2, 0.25) is 5.24 Å². The van der Waals surface area contributed by atoms with Gasteiger partial charge in [-0.1, -0.05) is 42.5 Å². The third-order valence-electron chi connectivity index (χ3n) is 3.23. The van der Waals surface area contributed by atoms with E-state index in [9.17, 15) is 4.79 Å². The predicted molar refractivity (Wildman–Crippen MR) is 81.5 cm³/mol. The molecular formula is C17H17ClO2. The average Bonchev–Trinajstić information content (AvgIpc) is 2.43. The van der Waals surface area contributed by atoms with Gasteiger partial charge in [-0.25, -0.2) is 0 Å². The zero-order chi connectivity index (χ0) is 14.5. The van der Waals surface area contributed by atoms with E-state index in [1.54, 1.807) is 0 Å². The highest BCUT2D eigenvalue weighted by Crippen LogP contribution is 2.24. The first-order chi connectivity index (χ1) is 9.58. The van der Waals surface area contributed by atoms with Crippen LogP contribution in [0.2, 0.25) is 0 Å². The first-order valence-corrected chi connectivity index (χ1v) is 6.90. The summed E-state index contributed by atoms with van der Waals surface area (Å²) < 4.78 is 5.79. The van der Waals surface area contributed by atoms with Crippen LogP contribution < -0.4 is 4.74 Å². The molecule has 0 bridgehead atoms. The molecule has 0 aliphatic carbocycles. The fraction of sp³-hybridized carbons (Fsp3) is 0.235. The Bertz CT molecular complexity index is 593. The Balaban J connectivity index is 2.14. The van der Waals surface area contributed by atoms with Crippen LogP contribution in [-0.2, 0) is 4.79 Å². The number of carbonyl (C=O) groups is 1. The van der Waals surface area contributed by atoms with Crippen LogP contribution in [0.25, 0.3) is 0 Å². The van der Waals surface area contributed by atoms with Crippen LogP contribution in [0, 0.1) is 13.8 Å². The molecule has 2 aromatic carbocycles. The molecule has 0 aliphatic heterocycles. The summed E-state index contributed by atoms with van der Waals surface area (Å²) in [7, 11) is 0. The molecular weight excluding hydrogens is 272 g/mol. The molecule has 0 heterocycles. The van der Waals surface area contributed by atoms with E-state index in [4.69, 9.17) is 16.3 Å². The molecule has 0 fully saturated rings. The lowest BCUT2D eigenvalue weighted by molar-refractivity contribution is -0.113. The van der Waals surface area contributed by atoms with Gasteiger partial charge in [-0.3, -0.25) is 4.79 Å². The minimum Gasteiger partial charge on any atom is -0.492 e. The molecule has 0 N–H and O–H groups in total. The SMILES string of the molecule is Cc1ccc(C)c(OCC(C(=O)Cl)c2ccccc2)c1. The van der Waals surface area contributed by atoms with Crippen molar-refractivity contribution in [2.24, 2.45) is 0 Å². The summed E-state index contributed by atoms with van der Waals surface area (Å²) >= 11 is 5.70. The number of ether oxygens (including phenoxy) is 1. The van der Waals surface area contributed by atoms with Crippen LogP contribution in [0.3, 0.4) is 0 Å². The van der Waals surface area contributed by atoms with E-state index < -0.39 is 11.2 Å². The second-order valence-electron chi connectivity index (χ2n) is 4.85. The van der Waals surface area contributed by atoms with E-state index in [0.717, 1.165) is 22.4 Å². The first kappa shape index (κ1) is 14.6. The molecule has 0 spiro atoms. The Labute approximate surface area is 124 Å². The smallest absolute Gasteiger partial charge is 0.232 e. The molecule has 0 saturated heterocycles. The van der Waals surface area contributed by atoms with Crippen molar-refractivity contribution in [1.29, 1.82) is 0 Å². The van der Waals surface area contributed by atoms with E-state index >= 15 is 0 Å². The lowest BCUT2D eigenvalue weighted by Crippen LogP contribution is -2.16. The highest BCUT2D eigenvalue weighted by atomic mass is 35.5. The monoisotopic (exact) mass is 288 g/mol. The number of hydrogen-bond donors (Lipinski definition) is 0. The fourth-order valence-electron chi connectivity index (χ4n) is 2.01. The number of halogens is 1. The van der Waals surface area contributed by atoms with Crippen molar-refractivity contribution in [3.63, 3.8) is 0 Å². The lowest BCUT2D eigenvalue weighted by atomic mass is 10.0. The highest BCUT2D eigenvalue weighted by Gasteiger charge is 2.19. The van der Waals surface area contributed by atoms with Gasteiger partial charge < -0.3 is 4.74 Å². The van der Waals surface area contributed by atoms with Crippen molar-refractivity contribution < 1.29 is 9.53 Å². The molecule has 0 amide bonds. The third kappa shape index (κ3) is 3.61. The molecule has 2 aromatic rings. The van der Waals surface area contributed by atoms with Gasteiger partial charge in [0, 0.05) is 0 Å². The van der Waals surface area contributed by atoms with Gasteiger partial charge in [0.25, 0.3) is 0 Å². The van der Waals surface area contributed by atoms with Crippen molar-refractivity contribution in [3.8, 4) is 5.75 Å². The van der Waals surface area contributed by atoms with Crippen molar-refractivity contribution in [1.82, 2.24) is 0 Å². The van der Waals surface area contributed by atoms with Crippen LogP contribution in [0.5, 0.6) is 5.75 Å². The van der Waals surface area contributed by atoms with Crippen LogP contribution in [0.1, 0.15) is 22.6 Å². The predicted octanol–water partition coefficient (Wildman–Crippen LogP) is 4.23. The van der Waals surface area contributed by atoms with Crippen molar-refractivity contribution in [3.05, 3.63) is 65.2 Å². The number of hydrogen-bond acceptors (Lipinski definition) is 2. The second-order valence-corrected chi connectivity index (χ2v) is 5.22. The molecule has 20 heavy (non-hydrogen) atoms. The van der Waals surface area contributed by atoms with Crippen LogP contribution in [-0.4, -0.2) is 11.8 Å². The normalized spacial score (nSPS) is 11.9. The molecule has 0 aromatic heterocycles. The molecule has 2 rings (SSSR count). The summed E-state index contributed by atoms with van der Waals surface area (Å²) in [5, 5.41) is -0.401. The number of benzene rings is 2. The van der Waals surface area contributed by atoms with Crippen LogP contribution >= 0.6 is 11.6 Å². The van der Waals surface area contributed by atoms with Gasteiger partial charge >= 0.3 is 0 Å². The van der Waals surface area contributed by atoms with E-state index in [2.05, 4.69) is 0 Å². The van der Waals surface area contributed by atoms with Crippen LogP contribution in [0.15, 0.2) is 48.5 Å². The summed E-state index contributed by atoms with van der Waals surface area (Å²) in [5.74, 6) is 0.349. The molecule has 3 heteroatoms. The van der Waals surface area contributed by atoms with Crippen molar-refractivity contribution >= 4 is 16.8 Å². The average molecular weight is 289 g/mol. The maximum Gasteiger partial charge on any atom is 0.232 e. The van der Waals surface area contributed by atoms with E-state index in [1.165, 1.54) is 0 Å². The van der Waals surface area contributed by atoms with Gasteiger partial charge in [0.1, 0.15) is 12.4 Å². The summed E-state index contributed by atoms with van der Waals surface area (Å²) in [6, 6.07) is 15.5. The molecule has 1 atom stereocenters. The van der Waals surface area contributed by atoms with Crippen molar-refractivity contribution in [2.45, 2.75) is 19.8 Å². The van der Waals surface area contributed by atoms with Gasteiger partial charge in [-0.15, -0.1) is 0 Å². The standard InChI is InChI=1S/C17H17ClO2/c1-12-8-9-13(2)16(10-12)20-11-15(17(18)19)14-6-4-3-5-7-14/h3-10,15H,11H2,1-2H3. The number of aryl methyl sites for hydroxylation is 2. The molecule has 1 unspecified atom stereocenters. The highest BCUT2D eigenvalue weighted by molar-refractivity contribution is 6.64. The topological polar surface area (TPSA) is 26.3 Å². The van der Waals surface area contributed by atoms with Gasteiger partial charge in [-0.2, -0.15) is 0 Å². The van der Waals surface area contributed by atoms with Gasteiger partial charge in [0.05, 0.1) is 5.92 Å². The largest absolute Gasteiger partial charge is 0.492 e. The van der Waals surface area contributed by atoms with Crippen molar-refractivity contribution in [2.75, 3.05) is 6.61 Å². The summed E-state index contributed by atoms with van der Waals surface area (Å²) in [4.78, 5) is 11.6. The Morgan fingerprint density at radius 1 is 1.15 bits per heavy atom. The summed E-state index contributed by atoms with van der Waals surface area (Å²) in [6.45, 7) is 4.24. The minimum atomic E-state index is -0.447. The number of carbonyl (C=O) groups excluding carboxylic acids is 1. The molecule has 2 nitrogen and oxygen atoms in total.